The first-order valence-electron chi connectivity index (χ1n) is 9.97. The number of piperazine rings is 1. The first-order valence-corrected chi connectivity index (χ1v) is 11.5. The Morgan fingerprint density at radius 1 is 0.882 bits per heavy atom. The van der Waals surface area contributed by atoms with Gasteiger partial charge in [-0.15, -0.1) is 0 Å². The van der Waals surface area contributed by atoms with Crippen molar-refractivity contribution < 1.29 is 39.6 Å². The van der Waals surface area contributed by atoms with E-state index in [4.69, 9.17) is 0 Å². The molecule has 2 heterocycles. The smallest absolute Gasteiger partial charge is 0.368 e. The van der Waals surface area contributed by atoms with Crippen molar-refractivity contribution in [2.45, 2.75) is 23.4 Å². The zero-order valence-electron chi connectivity index (χ0n) is 17.2. The van der Waals surface area contributed by atoms with E-state index in [0.29, 0.717) is 17.8 Å². The maximum Gasteiger partial charge on any atom is 0.416 e. The number of sulfonamides is 1. The van der Waals surface area contributed by atoms with Crippen LogP contribution >= 0.6 is 0 Å². The zero-order chi connectivity index (χ0) is 24.9. The van der Waals surface area contributed by atoms with Gasteiger partial charge >= 0.3 is 12.4 Å². The number of nitrogens with zero attached hydrogens (tertiary/aromatic N) is 2. The van der Waals surface area contributed by atoms with Gasteiger partial charge in [0, 0.05) is 31.9 Å². The van der Waals surface area contributed by atoms with E-state index in [2.05, 4.69) is 10.0 Å². The van der Waals surface area contributed by atoms with E-state index in [1.165, 1.54) is 17.0 Å². The lowest BCUT2D eigenvalue weighted by Gasteiger charge is -2.38. The lowest BCUT2D eigenvalue weighted by atomic mass is 10.1. The number of fused-ring (bicyclic) bond motifs is 1. The van der Waals surface area contributed by atoms with Crippen LogP contribution in [0.3, 0.4) is 0 Å². The van der Waals surface area contributed by atoms with Crippen molar-refractivity contribution in [2.75, 3.05) is 36.4 Å². The standard InChI is InChI=1S/C20H18F6N4O3S/c21-19(22,23)12-2-1-3-14(10-12)29-6-8-30(9-7-29)18(31)17-27-15-11-13(20(24,25)26)4-5-16(15)34(32,33)28-17/h1-5,10-11,17,27-28H,6-9H2/t17-/m1/s1. The second-order valence-corrected chi connectivity index (χ2v) is 9.45. The van der Waals surface area contributed by atoms with E-state index in [9.17, 15) is 39.6 Å². The SMILES string of the molecule is O=C([C@@H]1Nc2cc(C(F)(F)F)ccc2S(=O)(=O)N1)N1CCN(c2cccc(C(F)(F)F)c2)CC1. The van der Waals surface area contributed by atoms with Crippen LogP contribution in [-0.2, 0) is 27.2 Å². The summed E-state index contributed by atoms with van der Waals surface area (Å²) in [6.07, 6.45) is -10.7. The monoisotopic (exact) mass is 508 g/mol. The Bertz CT molecular complexity index is 1210. The molecule has 2 aliphatic heterocycles. The van der Waals surface area contributed by atoms with E-state index in [1.807, 2.05) is 0 Å². The molecule has 0 unspecified atom stereocenters. The minimum absolute atomic E-state index is 0.0738. The van der Waals surface area contributed by atoms with Crippen molar-refractivity contribution in [1.82, 2.24) is 9.62 Å². The summed E-state index contributed by atoms with van der Waals surface area (Å²) in [5.41, 5.74) is -1.90. The molecule has 1 amide bonds. The highest BCUT2D eigenvalue weighted by Crippen LogP contribution is 2.35. The zero-order valence-corrected chi connectivity index (χ0v) is 18.1. The first-order chi connectivity index (χ1) is 15.8. The van der Waals surface area contributed by atoms with Gasteiger partial charge in [0.1, 0.15) is 4.90 Å². The van der Waals surface area contributed by atoms with E-state index in [1.54, 1.807) is 4.90 Å². The van der Waals surface area contributed by atoms with Crippen LogP contribution in [0.4, 0.5) is 37.7 Å². The van der Waals surface area contributed by atoms with Gasteiger partial charge in [-0.05, 0) is 36.4 Å². The predicted molar refractivity (Wildman–Crippen MR) is 109 cm³/mol. The van der Waals surface area contributed by atoms with E-state index >= 15 is 0 Å². The van der Waals surface area contributed by atoms with E-state index in [-0.39, 0.29) is 31.9 Å². The van der Waals surface area contributed by atoms with Crippen molar-refractivity contribution in [3.63, 3.8) is 0 Å². The Balaban J connectivity index is 1.47. The number of halogens is 6. The highest BCUT2D eigenvalue weighted by atomic mass is 32.2. The van der Waals surface area contributed by atoms with Gasteiger partial charge < -0.3 is 15.1 Å². The molecule has 1 saturated heterocycles. The maximum absolute atomic E-state index is 13.0. The summed E-state index contributed by atoms with van der Waals surface area (Å²) in [7, 11) is -4.25. The number of hydrogen-bond donors (Lipinski definition) is 2. The molecule has 2 N–H and O–H groups in total. The number of hydrogen-bond acceptors (Lipinski definition) is 5. The summed E-state index contributed by atoms with van der Waals surface area (Å²) in [6, 6.07) is 6.81. The molecule has 34 heavy (non-hydrogen) atoms. The molecular formula is C20H18F6N4O3S. The van der Waals surface area contributed by atoms with Gasteiger partial charge in [0.05, 0.1) is 16.8 Å². The van der Waals surface area contributed by atoms with Crippen LogP contribution < -0.4 is 14.9 Å². The van der Waals surface area contributed by atoms with Crippen LogP contribution in [0.1, 0.15) is 11.1 Å². The Hall–Kier alpha value is -3.00. The number of alkyl halides is 6. The van der Waals surface area contributed by atoms with Crippen LogP contribution in [0, 0.1) is 0 Å². The molecule has 1 fully saturated rings. The van der Waals surface area contributed by atoms with Crippen molar-refractivity contribution >= 4 is 27.3 Å². The minimum Gasteiger partial charge on any atom is -0.368 e. The summed E-state index contributed by atoms with van der Waals surface area (Å²) in [5, 5.41) is 2.51. The summed E-state index contributed by atoms with van der Waals surface area (Å²) in [4.78, 5) is 15.4. The molecule has 2 aliphatic rings. The third kappa shape index (κ3) is 4.78. The number of anilines is 2. The van der Waals surface area contributed by atoms with Crippen LogP contribution in [0.2, 0.25) is 0 Å². The topological polar surface area (TPSA) is 81.7 Å². The summed E-state index contributed by atoms with van der Waals surface area (Å²) in [6.45, 7) is 0.511. The second-order valence-electron chi connectivity index (χ2n) is 7.77. The van der Waals surface area contributed by atoms with Crippen molar-refractivity contribution in [1.29, 1.82) is 0 Å². The van der Waals surface area contributed by atoms with Gasteiger partial charge in [-0.2, -0.15) is 31.1 Å². The molecule has 4 rings (SSSR count). The van der Waals surface area contributed by atoms with Gasteiger partial charge in [-0.25, -0.2) is 8.42 Å². The van der Waals surface area contributed by atoms with Gasteiger partial charge in [0.25, 0.3) is 5.91 Å². The van der Waals surface area contributed by atoms with Crippen LogP contribution in [0.25, 0.3) is 0 Å². The Kier molecular flexibility index (Phi) is 5.92. The Morgan fingerprint density at radius 2 is 1.50 bits per heavy atom. The Morgan fingerprint density at radius 3 is 2.12 bits per heavy atom. The van der Waals surface area contributed by atoms with Gasteiger partial charge in [-0.3, -0.25) is 4.79 Å². The summed E-state index contributed by atoms with van der Waals surface area (Å²) < 4.78 is 105. The molecular weight excluding hydrogens is 490 g/mol. The highest BCUT2D eigenvalue weighted by molar-refractivity contribution is 7.89. The molecule has 0 aromatic heterocycles. The molecule has 0 spiro atoms. The van der Waals surface area contributed by atoms with Crippen molar-refractivity contribution in [2.24, 2.45) is 0 Å². The third-order valence-corrected chi connectivity index (χ3v) is 7.03. The quantitative estimate of drug-likeness (QED) is 0.610. The largest absolute Gasteiger partial charge is 0.416 e. The number of benzene rings is 2. The number of carbonyl (C=O) groups is 1. The fourth-order valence-corrected chi connectivity index (χ4v) is 5.07. The molecule has 2 aromatic carbocycles. The van der Waals surface area contributed by atoms with Crippen molar-refractivity contribution in [3.05, 3.63) is 53.6 Å². The summed E-state index contributed by atoms with van der Waals surface area (Å²) >= 11 is 0. The molecule has 14 heteroatoms. The van der Waals surface area contributed by atoms with Gasteiger partial charge in [0.2, 0.25) is 10.0 Å². The second kappa shape index (κ2) is 8.34. The van der Waals surface area contributed by atoms with E-state index < -0.39 is 50.5 Å². The first kappa shape index (κ1) is 24.1. The number of amides is 1. The molecule has 2 aromatic rings. The van der Waals surface area contributed by atoms with Gasteiger partial charge in [0.15, 0.2) is 6.17 Å². The Labute approximate surface area is 190 Å². The highest BCUT2D eigenvalue weighted by Gasteiger charge is 2.39. The fraction of sp³-hybridized carbons (Fsp3) is 0.350. The normalized spacial score (nSPS) is 20.5. The number of carbonyl (C=O) groups excluding carboxylic acids is 1. The van der Waals surface area contributed by atoms with Gasteiger partial charge in [-0.1, -0.05) is 6.07 Å². The van der Waals surface area contributed by atoms with Crippen LogP contribution in [-0.4, -0.2) is 51.6 Å². The number of nitrogens with one attached hydrogen (secondary N) is 2. The molecule has 184 valence electrons. The van der Waals surface area contributed by atoms with Crippen LogP contribution in [0.5, 0.6) is 0 Å². The third-order valence-electron chi connectivity index (χ3n) is 5.55. The number of rotatable bonds is 2. The maximum atomic E-state index is 13.0. The molecule has 0 saturated carbocycles. The van der Waals surface area contributed by atoms with Crippen LogP contribution in [0.15, 0.2) is 47.4 Å². The van der Waals surface area contributed by atoms with Crippen molar-refractivity contribution in [3.8, 4) is 0 Å². The lowest BCUT2D eigenvalue weighted by molar-refractivity contribution is -0.138. The lowest BCUT2D eigenvalue weighted by Crippen LogP contribution is -2.58. The predicted octanol–water partition coefficient (Wildman–Crippen LogP) is 3.10. The molecule has 1 atom stereocenters. The molecule has 0 bridgehead atoms. The fourth-order valence-electron chi connectivity index (χ4n) is 3.82. The molecule has 7 nitrogen and oxygen atoms in total. The average Bonchev–Trinajstić information content (AvgIpc) is 2.77. The summed E-state index contributed by atoms with van der Waals surface area (Å²) in [5.74, 6) is -0.713. The molecule has 0 radical (unpaired) electrons. The molecule has 0 aliphatic carbocycles. The minimum atomic E-state index is -4.70. The average molecular weight is 508 g/mol. The van der Waals surface area contributed by atoms with E-state index in [0.717, 1.165) is 18.2 Å².